The molecule has 0 aromatic heterocycles. The monoisotopic (exact) mass is 239 g/mol. The molecular weight excluding hydrogens is 222 g/mol. The molecular formula is C12H17NO2S. The van der Waals surface area contributed by atoms with E-state index in [0.717, 1.165) is 17.9 Å². The Labute approximate surface area is 100 Å². The molecule has 1 atom stereocenters. The van der Waals surface area contributed by atoms with Crippen molar-refractivity contribution in [2.24, 2.45) is 0 Å². The molecule has 4 heteroatoms. The lowest BCUT2D eigenvalue weighted by Crippen LogP contribution is -2.32. The Hall–Kier alpha value is -1.00. The van der Waals surface area contributed by atoms with Gasteiger partial charge in [0.05, 0.1) is 0 Å². The minimum atomic E-state index is -0.796. The van der Waals surface area contributed by atoms with Gasteiger partial charge >= 0.3 is 5.97 Å². The largest absolute Gasteiger partial charge is 0.480 e. The third kappa shape index (κ3) is 3.54. The number of hydrogen-bond donors (Lipinski definition) is 1. The Kier molecular flexibility index (Phi) is 5.35. The van der Waals surface area contributed by atoms with Crippen LogP contribution in [-0.2, 0) is 4.79 Å². The molecule has 88 valence electrons. The molecule has 0 heterocycles. The van der Waals surface area contributed by atoms with Crippen LogP contribution in [0.5, 0.6) is 0 Å². The highest BCUT2D eigenvalue weighted by atomic mass is 32.2. The average molecular weight is 239 g/mol. The summed E-state index contributed by atoms with van der Waals surface area (Å²) in [5.41, 5.74) is 0.832. The first-order valence-corrected chi connectivity index (χ1v) is 6.53. The predicted octanol–water partition coefficient (Wildman–Crippen LogP) is 2.11. The van der Waals surface area contributed by atoms with Crippen molar-refractivity contribution in [2.75, 3.05) is 25.6 Å². The van der Waals surface area contributed by atoms with Crippen molar-refractivity contribution >= 4 is 17.7 Å². The smallest absolute Gasteiger partial charge is 0.325 e. The quantitative estimate of drug-likeness (QED) is 0.825. The molecule has 1 N–H and O–H groups in total. The zero-order valence-corrected chi connectivity index (χ0v) is 10.4. The number of rotatable bonds is 6. The van der Waals surface area contributed by atoms with Gasteiger partial charge in [0.2, 0.25) is 0 Å². The second-order valence-corrected chi connectivity index (χ2v) is 4.61. The number of likely N-dealkylation sites (N-methyl/N-ethyl adjacent to an activating group) is 1. The van der Waals surface area contributed by atoms with Crippen LogP contribution in [0.2, 0.25) is 0 Å². The molecule has 0 aliphatic carbocycles. The van der Waals surface area contributed by atoms with Crippen LogP contribution in [0.4, 0.5) is 0 Å². The highest BCUT2D eigenvalue weighted by molar-refractivity contribution is 7.98. The van der Waals surface area contributed by atoms with Crippen molar-refractivity contribution in [1.82, 2.24) is 4.90 Å². The summed E-state index contributed by atoms with van der Waals surface area (Å²) in [5, 5.41) is 9.25. The normalized spacial score (nSPS) is 12.7. The van der Waals surface area contributed by atoms with Crippen LogP contribution in [-0.4, -0.2) is 41.6 Å². The fourth-order valence-corrected chi connectivity index (χ4v) is 2.06. The fourth-order valence-electron chi connectivity index (χ4n) is 1.59. The predicted molar refractivity (Wildman–Crippen MR) is 67.8 cm³/mol. The number of benzene rings is 1. The standard InChI is InChI=1S/C12H17NO2S/c1-13(8-9-16-2)11(12(14)15)10-6-4-3-5-7-10/h3-7,11H,8-9H2,1-2H3,(H,14,15). The van der Waals surface area contributed by atoms with Crippen LogP contribution in [0.15, 0.2) is 30.3 Å². The lowest BCUT2D eigenvalue weighted by Gasteiger charge is -2.24. The molecule has 0 spiro atoms. The Balaban J connectivity index is 2.79. The lowest BCUT2D eigenvalue weighted by atomic mass is 10.1. The summed E-state index contributed by atoms with van der Waals surface area (Å²) in [6.45, 7) is 0.771. The van der Waals surface area contributed by atoms with E-state index in [9.17, 15) is 9.90 Å². The zero-order chi connectivity index (χ0) is 12.0. The van der Waals surface area contributed by atoms with E-state index in [-0.39, 0.29) is 0 Å². The number of thioether (sulfide) groups is 1. The van der Waals surface area contributed by atoms with Gasteiger partial charge in [-0.2, -0.15) is 11.8 Å². The summed E-state index contributed by atoms with van der Waals surface area (Å²) in [5.74, 6) is 0.141. The SMILES string of the molecule is CSCCN(C)C(C(=O)O)c1ccccc1. The van der Waals surface area contributed by atoms with E-state index in [2.05, 4.69) is 0 Å². The van der Waals surface area contributed by atoms with Gasteiger partial charge in [-0.25, -0.2) is 0 Å². The van der Waals surface area contributed by atoms with Gasteiger partial charge < -0.3 is 5.11 Å². The summed E-state index contributed by atoms with van der Waals surface area (Å²) in [7, 11) is 1.85. The molecule has 1 rings (SSSR count). The molecule has 0 saturated heterocycles. The minimum absolute atomic E-state index is 0.548. The summed E-state index contributed by atoms with van der Waals surface area (Å²) < 4.78 is 0. The van der Waals surface area contributed by atoms with E-state index in [0.29, 0.717) is 0 Å². The Bertz CT molecular complexity index is 329. The molecule has 1 aromatic rings. The number of carbonyl (C=O) groups is 1. The minimum Gasteiger partial charge on any atom is -0.480 e. The van der Waals surface area contributed by atoms with Crippen LogP contribution >= 0.6 is 11.8 Å². The van der Waals surface area contributed by atoms with Gasteiger partial charge in [-0.05, 0) is 18.9 Å². The van der Waals surface area contributed by atoms with Crippen molar-refractivity contribution in [3.63, 3.8) is 0 Å². The van der Waals surface area contributed by atoms with Gasteiger partial charge in [-0.1, -0.05) is 30.3 Å². The first kappa shape index (κ1) is 13.1. The van der Waals surface area contributed by atoms with Crippen LogP contribution in [0.1, 0.15) is 11.6 Å². The van der Waals surface area contributed by atoms with Crippen molar-refractivity contribution in [1.29, 1.82) is 0 Å². The summed E-state index contributed by atoms with van der Waals surface area (Å²) in [4.78, 5) is 13.1. The van der Waals surface area contributed by atoms with Gasteiger partial charge in [0.1, 0.15) is 6.04 Å². The summed E-state index contributed by atoms with van der Waals surface area (Å²) in [6.07, 6.45) is 2.02. The molecule has 0 saturated carbocycles. The average Bonchev–Trinajstić information content (AvgIpc) is 2.27. The van der Waals surface area contributed by atoms with Crippen LogP contribution in [0, 0.1) is 0 Å². The molecule has 0 radical (unpaired) electrons. The number of carboxylic acids is 1. The second kappa shape index (κ2) is 6.55. The maximum Gasteiger partial charge on any atom is 0.325 e. The van der Waals surface area contributed by atoms with E-state index in [1.54, 1.807) is 11.8 Å². The Morgan fingerprint density at radius 1 is 1.44 bits per heavy atom. The van der Waals surface area contributed by atoms with Crippen molar-refractivity contribution < 1.29 is 9.90 Å². The van der Waals surface area contributed by atoms with Crippen molar-refractivity contribution in [3.05, 3.63) is 35.9 Å². The molecule has 3 nitrogen and oxygen atoms in total. The Morgan fingerprint density at radius 3 is 2.56 bits per heavy atom. The highest BCUT2D eigenvalue weighted by Gasteiger charge is 2.23. The highest BCUT2D eigenvalue weighted by Crippen LogP contribution is 2.19. The van der Waals surface area contributed by atoms with E-state index < -0.39 is 12.0 Å². The first-order chi connectivity index (χ1) is 7.66. The molecule has 0 aliphatic rings. The maximum absolute atomic E-state index is 11.3. The van der Waals surface area contributed by atoms with Crippen LogP contribution in [0.25, 0.3) is 0 Å². The van der Waals surface area contributed by atoms with E-state index >= 15 is 0 Å². The fraction of sp³-hybridized carbons (Fsp3) is 0.417. The number of nitrogens with zero attached hydrogens (tertiary/aromatic N) is 1. The van der Waals surface area contributed by atoms with Crippen LogP contribution in [0.3, 0.4) is 0 Å². The number of hydrogen-bond acceptors (Lipinski definition) is 3. The van der Waals surface area contributed by atoms with Gasteiger partial charge in [-0.15, -0.1) is 0 Å². The molecule has 0 aliphatic heterocycles. The lowest BCUT2D eigenvalue weighted by molar-refractivity contribution is -0.142. The maximum atomic E-state index is 11.3. The van der Waals surface area contributed by atoms with Crippen molar-refractivity contribution in [3.8, 4) is 0 Å². The first-order valence-electron chi connectivity index (χ1n) is 5.13. The van der Waals surface area contributed by atoms with Crippen molar-refractivity contribution in [2.45, 2.75) is 6.04 Å². The number of aliphatic carboxylic acids is 1. The van der Waals surface area contributed by atoms with Gasteiger partial charge in [0.15, 0.2) is 0 Å². The zero-order valence-electron chi connectivity index (χ0n) is 9.59. The molecule has 16 heavy (non-hydrogen) atoms. The topological polar surface area (TPSA) is 40.5 Å². The third-order valence-corrected chi connectivity index (χ3v) is 3.03. The number of carboxylic acid groups (broad SMARTS) is 1. The Morgan fingerprint density at radius 2 is 2.06 bits per heavy atom. The molecule has 0 bridgehead atoms. The van der Waals surface area contributed by atoms with E-state index in [1.807, 2.05) is 48.5 Å². The van der Waals surface area contributed by atoms with Gasteiger partial charge in [-0.3, -0.25) is 9.69 Å². The second-order valence-electron chi connectivity index (χ2n) is 3.62. The van der Waals surface area contributed by atoms with Gasteiger partial charge in [0.25, 0.3) is 0 Å². The summed E-state index contributed by atoms with van der Waals surface area (Å²) in [6, 6.07) is 8.79. The molecule has 1 aromatic carbocycles. The molecule has 0 fully saturated rings. The van der Waals surface area contributed by atoms with Gasteiger partial charge in [0, 0.05) is 12.3 Å². The molecule has 1 unspecified atom stereocenters. The van der Waals surface area contributed by atoms with E-state index in [1.165, 1.54) is 0 Å². The van der Waals surface area contributed by atoms with E-state index in [4.69, 9.17) is 0 Å². The molecule has 0 amide bonds. The summed E-state index contributed by atoms with van der Waals surface area (Å²) >= 11 is 1.72. The van der Waals surface area contributed by atoms with Crippen LogP contribution < -0.4 is 0 Å². The third-order valence-electron chi connectivity index (χ3n) is 2.44.